The van der Waals surface area contributed by atoms with Crippen LogP contribution in [0.3, 0.4) is 0 Å². The molecule has 7 aromatic carbocycles. The standard InChI is InChI=1S/C60H54F6N2/c1-55(2,3)33-25-31(26-34(29-33)56(4,5)6)37-17-13-19-39-45-47-42-22-16-24-44(60(64,65)66)52(42)68-50-38(32-27-35(57(7,8)9)30-36(28-32)58(10,11)12)18-14-20-40(50)46(54(47)68)48-41-21-15-23-43(59(61,62)63)51(41)67(49(37)39)53(45)48/h13-30H,1-12H3. The monoisotopic (exact) mass is 916 g/mol. The number of para-hydroxylation sites is 4. The van der Waals surface area contributed by atoms with Gasteiger partial charge in [-0.1, -0.05) is 180 Å². The van der Waals surface area contributed by atoms with Crippen LogP contribution in [0.4, 0.5) is 26.3 Å². The van der Waals surface area contributed by atoms with E-state index < -0.39 is 23.5 Å². The number of nitrogens with zero attached hydrogens (tertiary/aromatic N) is 2. The summed E-state index contributed by atoms with van der Waals surface area (Å²) in [6.07, 6.45) is -9.46. The van der Waals surface area contributed by atoms with Gasteiger partial charge in [0.25, 0.3) is 0 Å². The van der Waals surface area contributed by atoms with Crippen LogP contribution in [-0.4, -0.2) is 8.80 Å². The van der Waals surface area contributed by atoms with Crippen LogP contribution in [0.2, 0.25) is 0 Å². The van der Waals surface area contributed by atoms with E-state index in [0.29, 0.717) is 65.2 Å². The SMILES string of the molecule is CC(C)(C)c1cc(-c2cccc3c4c5c6cccc(C(F)(F)F)c6n6c7c(-c8cc(C(C)(C)C)cc(C(C)(C)C)c8)cccc7c(c7c8cccc(C(F)(F)F)c8n(c23)c47)c56)cc(C(C)(C)C)c1. The summed E-state index contributed by atoms with van der Waals surface area (Å²) in [5.41, 5.74) is 7.34. The van der Waals surface area contributed by atoms with Gasteiger partial charge in [0.2, 0.25) is 0 Å². The minimum absolute atomic E-state index is 0.0264. The Morgan fingerprint density at radius 1 is 0.309 bits per heavy atom. The van der Waals surface area contributed by atoms with Crippen molar-refractivity contribution in [3.8, 4) is 22.3 Å². The highest BCUT2D eigenvalue weighted by Gasteiger charge is 2.40. The second-order valence-corrected chi connectivity index (χ2v) is 23.3. The van der Waals surface area contributed by atoms with E-state index in [1.165, 1.54) is 12.1 Å². The summed E-state index contributed by atoms with van der Waals surface area (Å²) in [7, 11) is 0. The second-order valence-electron chi connectivity index (χ2n) is 23.3. The first kappa shape index (κ1) is 44.2. The number of aromatic nitrogens is 2. The first-order valence-electron chi connectivity index (χ1n) is 23.4. The molecule has 0 spiro atoms. The van der Waals surface area contributed by atoms with Crippen LogP contribution in [0.25, 0.3) is 98.4 Å². The zero-order valence-electron chi connectivity index (χ0n) is 40.6. The molecule has 0 radical (unpaired) electrons. The Balaban J connectivity index is 1.44. The summed E-state index contributed by atoms with van der Waals surface area (Å²) in [4.78, 5) is 0. The summed E-state index contributed by atoms with van der Waals surface area (Å²) in [5.74, 6) is 0. The fourth-order valence-corrected chi connectivity index (χ4v) is 11.1. The quantitative estimate of drug-likeness (QED) is 0.153. The van der Waals surface area contributed by atoms with Crippen molar-refractivity contribution in [3.05, 3.63) is 143 Å². The van der Waals surface area contributed by atoms with E-state index in [1.807, 2.05) is 36.4 Å². The molecule has 0 fully saturated rings. The molecule has 0 unspecified atom stereocenters. The van der Waals surface area contributed by atoms with Gasteiger partial charge in [-0.15, -0.1) is 0 Å². The van der Waals surface area contributed by atoms with Gasteiger partial charge in [0, 0.05) is 54.2 Å². The lowest BCUT2D eigenvalue weighted by Crippen LogP contribution is -2.16. The Kier molecular flexibility index (Phi) is 8.91. The van der Waals surface area contributed by atoms with E-state index in [0.717, 1.165) is 56.6 Å². The first-order valence-corrected chi connectivity index (χ1v) is 23.4. The predicted octanol–water partition coefficient (Wildman–Crippen LogP) is 18.5. The highest BCUT2D eigenvalue weighted by Crippen LogP contribution is 2.56. The topological polar surface area (TPSA) is 8.82 Å². The molecule has 346 valence electrons. The van der Waals surface area contributed by atoms with Crippen LogP contribution < -0.4 is 0 Å². The van der Waals surface area contributed by atoms with Crippen molar-refractivity contribution in [2.24, 2.45) is 0 Å². The van der Waals surface area contributed by atoms with Crippen molar-refractivity contribution in [1.29, 1.82) is 0 Å². The number of hydrogen-bond acceptors (Lipinski definition) is 0. The van der Waals surface area contributed by atoms with E-state index in [1.54, 1.807) is 20.9 Å². The normalized spacial score (nSPS) is 14.0. The van der Waals surface area contributed by atoms with E-state index in [4.69, 9.17) is 0 Å². The molecule has 8 heteroatoms. The highest BCUT2D eigenvalue weighted by atomic mass is 19.4. The lowest BCUT2D eigenvalue weighted by molar-refractivity contribution is -0.137. The summed E-state index contributed by atoms with van der Waals surface area (Å²) in [6.45, 7) is 25.8. The van der Waals surface area contributed by atoms with Crippen LogP contribution in [-0.2, 0) is 34.0 Å². The van der Waals surface area contributed by atoms with Gasteiger partial charge in [0.05, 0.1) is 44.2 Å². The molecule has 0 saturated carbocycles. The average molecular weight is 917 g/mol. The molecule has 4 aromatic heterocycles. The minimum atomic E-state index is -4.73. The number of alkyl halides is 6. The molecule has 68 heavy (non-hydrogen) atoms. The van der Waals surface area contributed by atoms with Gasteiger partial charge in [-0.3, -0.25) is 0 Å². The summed E-state index contributed by atoms with van der Waals surface area (Å²) < 4.78 is 97.9. The van der Waals surface area contributed by atoms with Crippen molar-refractivity contribution in [3.63, 3.8) is 0 Å². The van der Waals surface area contributed by atoms with Crippen LogP contribution >= 0.6 is 0 Å². The molecule has 0 N–H and O–H groups in total. The van der Waals surface area contributed by atoms with Crippen LogP contribution in [0.15, 0.2) is 109 Å². The van der Waals surface area contributed by atoms with E-state index >= 15 is 26.3 Å². The molecular weight excluding hydrogens is 863 g/mol. The fraction of sp³-hybridized carbons (Fsp3) is 0.300. The van der Waals surface area contributed by atoms with E-state index in [-0.39, 0.29) is 32.7 Å². The van der Waals surface area contributed by atoms with Gasteiger partial charge >= 0.3 is 12.4 Å². The summed E-state index contributed by atoms with van der Waals surface area (Å²) >= 11 is 0. The Morgan fingerprint density at radius 2 is 0.574 bits per heavy atom. The molecule has 0 aliphatic rings. The minimum Gasteiger partial charge on any atom is -0.307 e. The summed E-state index contributed by atoms with van der Waals surface area (Å²) in [6, 6.07) is 33.4. The second kappa shape index (κ2) is 13.7. The van der Waals surface area contributed by atoms with Gasteiger partial charge < -0.3 is 8.80 Å². The number of benzene rings is 7. The third kappa shape index (κ3) is 6.24. The Morgan fingerprint density at radius 3 is 0.838 bits per heavy atom. The van der Waals surface area contributed by atoms with Gasteiger partial charge in [-0.2, -0.15) is 26.3 Å². The van der Waals surface area contributed by atoms with Gasteiger partial charge in [0.15, 0.2) is 0 Å². The summed E-state index contributed by atoms with van der Waals surface area (Å²) in [5, 5.41) is 4.56. The molecule has 0 amide bonds. The van der Waals surface area contributed by atoms with Crippen LogP contribution in [0.1, 0.15) is 116 Å². The largest absolute Gasteiger partial charge is 0.418 e. The average Bonchev–Trinajstić information content (AvgIpc) is 3.97. The maximum Gasteiger partial charge on any atom is 0.418 e. The molecular formula is C60H54F6N2. The van der Waals surface area contributed by atoms with Crippen molar-refractivity contribution in [2.45, 2.75) is 117 Å². The van der Waals surface area contributed by atoms with Crippen molar-refractivity contribution in [2.75, 3.05) is 0 Å². The molecule has 11 aromatic rings. The molecule has 0 atom stereocenters. The van der Waals surface area contributed by atoms with Crippen LogP contribution in [0, 0.1) is 0 Å². The molecule has 2 nitrogen and oxygen atoms in total. The molecule has 0 aliphatic heterocycles. The van der Waals surface area contributed by atoms with Gasteiger partial charge in [0.1, 0.15) is 0 Å². The van der Waals surface area contributed by atoms with E-state index in [9.17, 15) is 0 Å². The first-order chi connectivity index (χ1) is 31.6. The Bertz CT molecular complexity index is 3580. The third-order valence-electron chi connectivity index (χ3n) is 14.6. The number of fused-ring (bicyclic) bond motifs is 14. The van der Waals surface area contributed by atoms with Crippen molar-refractivity contribution >= 4 is 76.2 Å². The van der Waals surface area contributed by atoms with Crippen LogP contribution in [0.5, 0.6) is 0 Å². The van der Waals surface area contributed by atoms with Crippen molar-refractivity contribution < 1.29 is 26.3 Å². The van der Waals surface area contributed by atoms with E-state index in [2.05, 4.69) is 119 Å². The highest BCUT2D eigenvalue weighted by molar-refractivity contribution is 6.46. The van der Waals surface area contributed by atoms with Gasteiger partial charge in [-0.25, -0.2) is 0 Å². The maximum absolute atomic E-state index is 15.7. The lowest BCUT2D eigenvalue weighted by atomic mass is 9.78. The van der Waals surface area contributed by atoms with Crippen molar-refractivity contribution in [1.82, 2.24) is 8.80 Å². The molecule has 0 aliphatic carbocycles. The zero-order chi connectivity index (χ0) is 48.7. The Labute approximate surface area is 391 Å². The maximum atomic E-state index is 15.7. The zero-order valence-corrected chi connectivity index (χ0v) is 40.6. The lowest BCUT2D eigenvalue weighted by Gasteiger charge is -2.26. The number of rotatable bonds is 2. The molecule has 11 rings (SSSR count). The predicted molar refractivity (Wildman–Crippen MR) is 271 cm³/mol. The molecule has 0 bridgehead atoms. The van der Waals surface area contributed by atoms with Gasteiger partial charge in [-0.05, 0) is 67.2 Å². The molecule has 0 saturated heterocycles. The number of hydrogen-bond donors (Lipinski definition) is 0. The number of halogens is 6. The third-order valence-corrected chi connectivity index (χ3v) is 14.6. The molecule has 4 heterocycles. The Hall–Kier alpha value is -6.28. The smallest absolute Gasteiger partial charge is 0.307 e. The fourth-order valence-electron chi connectivity index (χ4n) is 11.1.